The molecule has 0 aromatic carbocycles. The van der Waals surface area contributed by atoms with E-state index in [2.05, 4.69) is 93.7 Å². The van der Waals surface area contributed by atoms with Gasteiger partial charge in [0, 0.05) is 19.3 Å². The Balaban J connectivity index is 4.16. The first-order chi connectivity index (χ1) is 34.0. The third-order valence-electron chi connectivity index (χ3n) is 12.7. The first-order valence-corrected chi connectivity index (χ1v) is 29.4. The summed E-state index contributed by atoms with van der Waals surface area (Å²) in [5.74, 6) is -0.869. The standard InChI is InChI=1S/C63H110O6/c1-4-7-10-13-16-19-21-23-24-25-26-27-28-29-30-31-32-33-34-35-36-37-38-40-41-44-47-50-53-56-62(65)68-59-60(58-67-61(64)55-52-49-46-43-18-15-12-9-6-3)69-63(66)57-54-51-48-45-42-39-22-20-17-14-11-8-5-2/h7,10,16,19,23-24,26-27,29-30,32-33,60H,4-6,8-9,11-15,17-18,20-22,25,28,31,34-59H2,1-3H3/b10-7-,19-16-,24-23-,27-26-,30-29-,33-32-. The molecule has 0 aromatic heterocycles. The van der Waals surface area contributed by atoms with Gasteiger partial charge in [0.2, 0.25) is 0 Å². The van der Waals surface area contributed by atoms with Crippen LogP contribution in [-0.2, 0) is 28.6 Å². The summed E-state index contributed by atoms with van der Waals surface area (Å²) in [5, 5.41) is 0. The monoisotopic (exact) mass is 963 g/mol. The molecule has 0 heterocycles. The Hall–Kier alpha value is -3.15. The van der Waals surface area contributed by atoms with Gasteiger partial charge in [0.25, 0.3) is 0 Å². The summed E-state index contributed by atoms with van der Waals surface area (Å²) in [7, 11) is 0. The van der Waals surface area contributed by atoms with E-state index in [1.807, 2.05) is 0 Å². The molecule has 0 bridgehead atoms. The first kappa shape index (κ1) is 65.8. The Morgan fingerprint density at radius 3 is 0.884 bits per heavy atom. The molecule has 0 radical (unpaired) electrons. The molecule has 0 saturated heterocycles. The van der Waals surface area contributed by atoms with Gasteiger partial charge in [0.1, 0.15) is 13.2 Å². The molecule has 6 heteroatoms. The van der Waals surface area contributed by atoms with Crippen molar-refractivity contribution in [3.05, 3.63) is 72.9 Å². The minimum absolute atomic E-state index is 0.0721. The second-order valence-corrected chi connectivity index (χ2v) is 19.5. The van der Waals surface area contributed by atoms with E-state index in [-0.39, 0.29) is 31.1 Å². The Morgan fingerprint density at radius 1 is 0.304 bits per heavy atom. The third kappa shape index (κ3) is 55.6. The second-order valence-electron chi connectivity index (χ2n) is 19.5. The summed E-state index contributed by atoms with van der Waals surface area (Å²) in [6.45, 7) is 6.52. The van der Waals surface area contributed by atoms with Crippen molar-refractivity contribution >= 4 is 17.9 Å². The van der Waals surface area contributed by atoms with Crippen molar-refractivity contribution in [2.24, 2.45) is 0 Å². The molecule has 0 aliphatic rings. The number of unbranched alkanes of at least 4 members (excludes halogenated alkanes) is 30. The van der Waals surface area contributed by atoms with Gasteiger partial charge in [-0.05, 0) is 70.6 Å². The third-order valence-corrected chi connectivity index (χ3v) is 12.7. The molecule has 398 valence electrons. The maximum atomic E-state index is 12.8. The number of ether oxygens (including phenoxy) is 3. The fraction of sp³-hybridized carbons (Fsp3) is 0.762. The zero-order valence-electron chi connectivity index (χ0n) is 45.6. The van der Waals surface area contributed by atoms with Crippen LogP contribution in [0.1, 0.15) is 290 Å². The van der Waals surface area contributed by atoms with Crippen molar-refractivity contribution < 1.29 is 28.6 Å². The Kier molecular flexibility index (Phi) is 54.8. The van der Waals surface area contributed by atoms with E-state index in [4.69, 9.17) is 14.2 Å². The number of allylic oxidation sites excluding steroid dienone is 12. The van der Waals surface area contributed by atoms with E-state index in [0.29, 0.717) is 19.3 Å². The van der Waals surface area contributed by atoms with Crippen LogP contribution in [0.3, 0.4) is 0 Å². The minimum Gasteiger partial charge on any atom is -0.462 e. The Labute approximate surface area is 427 Å². The zero-order chi connectivity index (χ0) is 50.0. The maximum Gasteiger partial charge on any atom is 0.306 e. The number of esters is 3. The van der Waals surface area contributed by atoms with Crippen LogP contribution >= 0.6 is 0 Å². The minimum atomic E-state index is -0.771. The van der Waals surface area contributed by atoms with Crippen LogP contribution < -0.4 is 0 Å². The lowest BCUT2D eigenvalue weighted by molar-refractivity contribution is -0.167. The summed E-state index contributed by atoms with van der Waals surface area (Å²) in [6.07, 6.45) is 73.4. The highest BCUT2D eigenvalue weighted by Gasteiger charge is 2.19. The molecular weight excluding hydrogens is 853 g/mol. The van der Waals surface area contributed by atoms with E-state index in [1.165, 1.54) is 154 Å². The Bertz CT molecular complexity index is 1290. The fourth-order valence-corrected chi connectivity index (χ4v) is 8.33. The number of rotatable bonds is 53. The Morgan fingerprint density at radius 2 is 0.565 bits per heavy atom. The van der Waals surface area contributed by atoms with Crippen LogP contribution in [-0.4, -0.2) is 37.2 Å². The topological polar surface area (TPSA) is 78.9 Å². The molecule has 0 amide bonds. The van der Waals surface area contributed by atoms with Crippen molar-refractivity contribution in [3.8, 4) is 0 Å². The average molecular weight is 964 g/mol. The molecule has 0 aromatic rings. The van der Waals surface area contributed by atoms with E-state index in [9.17, 15) is 14.4 Å². The largest absolute Gasteiger partial charge is 0.462 e. The maximum absolute atomic E-state index is 12.8. The highest BCUT2D eigenvalue weighted by molar-refractivity contribution is 5.71. The molecule has 0 spiro atoms. The van der Waals surface area contributed by atoms with Crippen LogP contribution in [0, 0.1) is 0 Å². The van der Waals surface area contributed by atoms with Gasteiger partial charge in [0.15, 0.2) is 6.10 Å². The van der Waals surface area contributed by atoms with Crippen LogP contribution in [0.4, 0.5) is 0 Å². The summed E-state index contributed by atoms with van der Waals surface area (Å²) in [4.78, 5) is 38.0. The lowest BCUT2D eigenvalue weighted by atomic mass is 10.0. The van der Waals surface area contributed by atoms with Gasteiger partial charge in [-0.1, -0.05) is 273 Å². The van der Waals surface area contributed by atoms with E-state index < -0.39 is 6.10 Å². The average Bonchev–Trinajstić information content (AvgIpc) is 3.35. The number of hydrogen-bond donors (Lipinski definition) is 0. The van der Waals surface area contributed by atoms with Crippen LogP contribution in [0.5, 0.6) is 0 Å². The molecule has 0 saturated carbocycles. The van der Waals surface area contributed by atoms with Gasteiger partial charge in [-0.25, -0.2) is 0 Å². The van der Waals surface area contributed by atoms with Crippen molar-refractivity contribution in [2.45, 2.75) is 297 Å². The zero-order valence-corrected chi connectivity index (χ0v) is 45.6. The molecule has 1 atom stereocenters. The number of carbonyl (C=O) groups is 3. The number of hydrogen-bond acceptors (Lipinski definition) is 6. The molecule has 0 fully saturated rings. The molecule has 0 aliphatic heterocycles. The van der Waals surface area contributed by atoms with Gasteiger partial charge in [-0.2, -0.15) is 0 Å². The van der Waals surface area contributed by atoms with E-state index in [0.717, 1.165) is 96.3 Å². The molecule has 0 rings (SSSR count). The molecule has 6 nitrogen and oxygen atoms in total. The highest BCUT2D eigenvalue weighted by atomic mass is 16.6. The summed E-state index contributed by atoms with van der Waals surface area (Å²) in [5.41, 5.74) is 0. The van der Waals surface area contributed by atoms with E-state index >= 15 is 0 Å². The van der Waals surface area contributed by atoms with Crippen molar-refractivity contribution in [1.82, 2.24) is 0 Å². The molecular formula is C63H110O6. The van der Waals surface area contributed by atoms with Gasteiger partial charge in [-0.15, -0.1) is 0 Å². The predicted molar refractivity (Wildman–Crippen MR) is 298 cm³/mol. The summed E-state index contributed by atoms with van der Waals surface area (Å²) < 4.78 is 16.8. The fourth-order valence-electron chi connectivity index (χ4n) is 8.33. The van der Waals surface area contributed by atoms with Crippen molar-refractivity contribution in [3.63, 3.8) is 0 Å². The quantitative estimate of drug-likeness (QED) is 0.0262. The van der Waals surface area contributed by atoms with Gasteiger partial charge < -0.3 is 14.2 Å². The van der Waals surface area contributed by atoms with Crippen LogP contribution in [0.2, 0.25) is 0 Å². The molecule has 1 unspecified atom stereocenters. The van der Waals surface area contributed by atoms with E-state index in [1.54, 1.807) is 0 Å². The van der Waals surface area contributed by atoms with Crippen molar-refractivity contribution in [2.75, 3.05) is 13.2 Å². The van der Waals surface area contributed by atoms with Crippen LogP contribution in [0.15, 0.2) is 72.9 Å². The molecule has 69 heavy (non-hydrogen) atoms. The SMILES string of the molecule is CC/C=C\C/C=C\C/C=C\C/C=C\C/C=C\C/C=C\CCCCCCCCCCCCC(=O)OCC(COC(=O)CCCCCCCCCCC)OC(=O)CCCCCCCCCCCCCCC. The lowest BCUT2D eigenvalue weighted by Crippen LogP contribution is -2.30. The molecule has 0 aliphatic carbocycles. The van der Waals surface area contributed by atoms with Crippen LogP contribution in [0.25, 0.3) is 0 Å². The second kappa shape index (κ2) is 57.4. The highest BCUT2D eigenvalue weighted by Crippen LogP contribution is 2.16. The van der Waals surface area contributed by atoms with Gasteiger partial charge >= 0.3 is 17.9 Å². The van der Waals surface area contributed by atoms with Gasteiger partial charge in [-0.3, -0.25) is 14.4 Å². The van der Waals surface area contributed by atoms with Crippen molar-refractivity contribution in [1.29, 1.82) is 0 Å². The first-order valence-electron chi connectivity index (χ1n) is 29.4. The number of carbonyl (C=O) groups excluding carboxylic acids is 3. The normalized spacial score (nSPS) is 12.6. The van der Waals surface area contributed by atoms with Gasteiger partial charge in [0.05, 0.1) is 0 Å². The predicted octanol–water partition coefficient (Wildman–Crippen LogP) is 19.8. The lowest BCUT2D eigenvalue weighted by Gasteiger charge is -2.18. The smallest absolute Gasteiger partial charge is 0.306 e. The summed E-state index contributed by atoms with van der Waals surface area (Å²) in [6, 6.07) is 0. The summed E-state index contributed by atoms with van der Waals surface area (Å²) >= 11 is 0. The molecule has 0 N–H and O–H groups in total.